The van der Waals surface area contributed by atoms with Crippen LogP contribution in [-0.2, 0) is 0 Å². The summed E-state index contributed by atoms with van der Waals surface area (Å²) in [6, 6.07) is 0. The Bertz CT molecular complexity index is 324. The van der Waals surface area contributed by atoms with Gasteiger partial charge in [0.2, 0.25) is 0 Å². The lowest BCUT2D eigenvalue weighted by atomic mass is 10.0. The van der Waals surface area contributed by atoms with Gasteiger partial charge in [0, 0.05) is 0 Å². The fourth-order valence-electron chi connectivity index (χ4n) is 0.705. The minimum absolute atomic E-state index is 0.601. The van der Waals surface area contributed by atoms with E-state index >= 15 is 0 Å². The predicted molar refractivity (Wildman–Crippen MR) is 36.9 cm³/mol. The third kappa shape index (κ3) is 2.72. The molecule has 0 rings (SSSR count). The average Bonchev–Trinajstić information content (AvgIpc) is 2.12. The van der Waals surface area contributed by atoms with Crippen LogP contribution in [0.1, 0.15) is 0 Å². The van der Waals surface area contributed by atoms with Crippen molar-refractivity contribution >= 4 is 6.09 Å². The number of alkyl halides is 9. The molecule has 0 saturated carbocycles. The number of rotatable bonds is 4. The molecule has 0 fully saturated rings. The van der Waals surface area contributed by atoms with Crippen molar-refractivity contribution in [3.63, 3.8) is 0 Å². The molecule has 0 atom stereocenters. The van der Waals surface area contributed by atoms with Crippen LogP contribution in [0, 0.1) is 0 Å². The average molecular weight is 293 g/mol. The van der Waals surface area contributed by atoms with E-state index in [2.05, 4.69) is 0 Å². The third-order valence-electron chi connectivity index (χ3n) is 1.67. The topological polar surface area (TPSA) is 49.3 Å². The second-order valence-electron chi connectivity index (χ2n) is 3.01. The van der Waals surface area contributed by atoms with Gasteiger partial charge in [-0.3, -0.25) is 0 Å². The Morgan fingerprint density at radius 2 is 1.28 bits per heavy atom. The van der Waals surface area contributed by atoms with E-state index < -0.39 is 36.6 Å². The Balaban J connectivity index is 5.29. The Morgan fingerprint density at radius 3 is 1.56 bits per heavy atom. The highest BCUT2D eigenvalue weighted by molar-refractivity contribution is 5.64. The normalized spacial score (nSPS) is 14.5. The van der Waals surface area contributed by atoms with Crippen molar-refractivity contribution in [3.8, 4) is 0 Å². The third-order valence-corrected chi connectivity index (χ3v) is 1.67. The lowest BCUT2D eigenvalue weighted by Gasteiger charge is -2.33. The van der Waals surface area contributed by atoms with Gasteiger partial charge in [-0.2, -0.15) is 39.5 Å². The highest BCUT2D eigenvalue weighted by Gasteiger charge is 2.81. The molecular formula is C6H4F9NO2. The van der Waals surface area contributed by atoms with Crippen LogP contribution >= 0.6 is 0 Å². The van der Waals surface area contributed by atoms with Crippen LogP contribution in [0.15, 0.2) is 0 Å². The van der Waals surface area contributed by atoms with E-state index in [-0.39, 0.29) is 0 Å². The van der Waals surface area contributed by atoms with E-state index in [1.807, 2.05) is 0 Å². The molecule has 1 amide bonds. The van der Waals surface area contributed by atoms with Crippen molar-refractivity contribution in [2.75, 3.05) is 6.54 Å². The van der Waals surface area contributed by atoms with Crippen molar-refractivity contribution in [3.05, 3.63) is 0 Å². The van der Waals surface area contributed by atoms with Crippen molar-refractivity contribution in [2.24, 2.45) is 0 Å². The SMILES string of the molecule is O=C(O)NCC(F)(F)C(F)(F)C(F)(F)C(F)(F)F. The van der Waals surface area contributed by atoms with Crippen molar-refractivity contribution < 1.29 is 49.4 Å². The molecule has 0 unspecified atom stereocenters. The van der Waals surface area contributed by atoms with Crippen LogP contribution in [0.2, 0.25) is 0 Å². The van der Waals surface area contributed by atoms with Crippen LogP contribution < -0.4 is 5.32 Å². The van der Waals surface area contributed by atoms with Gasteiger partial charge in [-0.25, -0.2) is 4.79 Å². The maximum absolute atomic E-state index is 12.5. The van der Waals surface area contributed by atoms with E-state index in [0.717, 1.165) is 0 Å². The van der Waals surface area contributed by atoms with Gasteiger partial charge in [-0.15, -0.1) is 0 Å². The molecule has 0 aliphatic heterocycles. The lowest BCUT2D eigenvalue weighted by Crippen LogP contribution is -2.63. The smallest absolute Gasteiger partial charge is 0.460 e. The number of halogens is 9. The van der Waals surface area contributed by atoms with Gasteiger partial charge in [-0.1, -0.05) is 0 Å². The molecule has 0 bridgehead atoms. The van der Waals surface area contributed by atoms with Gasteiger partial charge < -0.3 is 10.4 Å². The number of hydrogen-bond donors (Lipinski definition) is 2. The number of carbonyl (C=O) groups is 1. The summed E-state index contributed by atoms with van der Waals surface area (Å²) in [7, 11) is 0. The van der Waals surface area contributed by atoms with Gasteiger partial charge in [0.25, 0.3) is 0 Å². The van der Waals surface area contributed by atoms with Crippen LogP contribution in [-0.4, -0.2) is 41.7 Å². The van der Waals surface area contributed by atoms with Crippen molar-refractivity contribution in [1.82, 2.24) is 5.32 Å². The first-order chi connectivity index (χ1) is 7.67. The molecule has 0 aliphatic carbocycles. The van der Waals surface area contributed by atoms with E-state index in [4.69, 9.17) is 5.11 Å². The Morgan fingerprint density at radius 1 is 0.889 bits per heavy atom. The molecule has 0 aliphatic rings. The summed E-state index contributed by atoms with van der Waals surface area (Å²) in [5.74, 6) is -19.7. The zero-order valence-electron chi connectivity index (χ0n) is 7.96. The van der Waals surface area contributed by atoms with Gasteiger partial charge in [-0.05, 0) is 0 Å². The summed E-state index contributed by atoms with van der Waals surface area (Å²) in [4.78, 5) is 9.72. The first-order valence-electron chi connectivity index (χ1n) is 3.84. The Hall–Kier alpha value is -1.36. The molecule has 12 heteroatoms. The minimum atomic E-state index is -7.01. The predicted octanol–water partition coefficient (Wildman–Crippen LogP) is 2.72. The summed E-state index contributed by atoms with van der Waals surface area (Å²) in [6.45, 7) is -2.60. The van der Waals surface area contributed by atoms with E-state index in [0.29, 0.717) is 5.32 Å². The fourth-order valence-corrected chi connectivity index (χ4v) is 0.705. The number of amides is 1. The van der Waals surface area contributed by atoms with Crippen LogP contribution in [0.25, 0.3) is 0 Å². The Kier molecular flexibility index (Phi) is 4.06. The van der Waals surface area contributed by atoms with Gasteiger partial charge in [0.15, 0.2) is 0 Å². The standard InChI is InChI=1S/C6H4F9NO2/c7-3(8,1-16-2(17)18)4(9,10)5(11,12)6(13,14)15/h16H,1H2,(H,17,18). The van der Waals surface area contributed by atoms with Gasteiger partial charge >= 0.3 is 30.0 Å². The summed E-state index contributed by atoms with van der Waals surface area (Å²) < 4.78 is 109. The van der Waals surface area contributed by atoms with E-state index in [1.54, 1.807) is 0 Å². The molecule has 0 aromatic carbocycles. The number of carboxylic acid groups (broad SMARTS) is 1. The summed E-state index contributed by atoms with van der Waals surface area (Å²) in [6.07, 6.45) is -9.20. The highest BCUT2D eigenvalue weighted by atomic mass is 19.4. The molecule has 108 valence electrons. The molecule has 0 heterocycles. The molecule has 0 saturated heterocycles. The summed E-state index contributed by atoms with van der Waals surface area (Å²) in [5.41, 5.74) is 0. The van der Waals surface area contributed by atoms with Gasteiger partial charge in [0.05, 0.1) is 6.54 Å². The largest absolute Gasteiger partial charge is 0.465 e. The first kappa shape index (κ1) is 16.6. The minimum Gasteiger partial charge on any atom is -0.465 e. The second kappa shape index (κ2) is 4.39. The molecule has 3 nitrogen and oxygen atoms in total. The quantitative estimate of drug-likeness (QED) is 0.783. The molecular weight excluding hydrogens is 289 g/mol. The van der Waals surface area contributed by atoms with Crippen molar-refractivity contribution in [1.29, 1.82) is 0 Å². The lowest BCUT2D eigenvalue weighted by molar-refractivity contribution is -0.394. The highest BCUT2D eigenvalue weighted by Crippen LogP contribution is 2.52. The van der Waals surface area contributed by atoms with Crippen LogP contribution in [0.4, 0.5) is 44.3 Å². The number of hydrogen-bond acceptors (Lipinski definition) is 1. The van der Waals surface area contributed by atoms with E-state index in [9.17, 15) is 44.3 Å². The maximum Gasteiger partial charge on any atom is 0.460 e. The number of nitrogens with one attached hydrogen (secondary N) is 1. The molecule has 0 radical (unpaired) electrons. The molecule has 0 spiro atoms. The second-order valence-corrected chi connectivity index (χ2v) is 3.01. The zero-order valence-corrected chi connectivity index (χ0v) is 7.96. The van der Waals surface area contributed by atoms with E-state index in [1.165, 1.54) is 0 Å². The summed E-state index contributed by atoms with van der Waals surface area (Å²) >= 11 is 0. The van der Waals surface area contributed by atoms with Gasteiger partial charge in [0.1, 0.15) is 0 Å². The fraction of sp³-hybridized carbons (Fsp3) is 0.833. The van der Waals surface area contributed by atoms with Crippen molar-refractivity contribution in [2.45, 2.75) is 23.9 Å². The summed E-state index contributed by atoms with van der Waals surface area (Å²) in [5, 5.41) is 8.41. The molecule has 2 N–H and O–H groups in total. The monoisotopic (exact) mass is 293 g/mol. The van der Waals surface area contributed by atoms with Crippen LogP contribution in [0.5, 0.6) is 0 Å². The zero-order chi connectivity index (χ0) is 15.0. The maximum atomic E-state index is 12.5. The molecule has 0 aromatic rings. The van der Waals surface area contributed by atoms with Crippen LogP contribution in [0.3, 0.4) is 0 Å². The first-order valence-corrected chi connectivity index (χ1v) is 3.84. The molecule has 18 heavy (non-hydrogen) atoms. The molecule has 0 aromatic heterocycles. The Labute approximate surface area is 92.6 Å².